The summed E-state index contributed by atoms with van der Waals surface area (Å²) in [5, 5.41) is 0.443. The van der Waals surface area contributed by atoms with E-state index in [9.17, 15) is 9.18 Å². The quantitative estimate of drug-likeness (QED) is 0.772. The first-order valence-electron chi connectivity index (χ1n) is 6.77. The molecule has 1 saturated carbocycles. The molecule has 0 radical (unpaired) electrons. The van der Waals surface area contributed by atoms with Crippen molar-refractivity contribution in [3.8, 4) is 5.75 Å². The molecule has 108 valence electrons. The molecule has 0 spiro atoms. The van der Waals surface area contributed by atoms with Gasteiger partial charge in [-0.1, -0.05) is 11.6 Å². The number of hydrogen-bond donors (Lipinski definition) is 0. The highest BCUT2D eigenvalue weighted by Gasteiger charge is 2.25. The number of carbonyl (C=O) groups is 1. The predicted molar refractivity (Wildman–Crippen MR) is 79.8 cm³/mol. The molecule has 0 aliphatic heterocycles. The first-order valence-corrected chi connectivity index (χ1v) is 7.15. The van der Waals surface area contributed by atoms with E-state index >= 15 is 0 Å². The van der Waals surface area contributed by atoms with Gasteiger partial charge >= 0.3 is 0 Å². The van der Waals surface area contributed by atoms with Crippen LogP contribution in [0.2, 0.25) is 5.02 Å². The van der Waals surface area contributed by atoms with Crippen molar-refractivity contribution in [2.45, 2.75) is 18.8 Å². The highest BCUT2D eigenvalue weighted by atomic mass is 35.5. The number of methoxy groups -OCH3 is 1. The van der Waals surface area contributed by atoms with Gasteiger partial charge in [-0.05, 0) is 60.7 Å². The van der Waals surface area contributed by atoms with Crippen LogP contribution < -0.4 is 4.74 Å². The molecule has 2 aromatic rings. The Morgan fingerprint density at radius 1 is 1.24 bits per heavy atom. The summed E-state index contributed by atoms with van der Waals surface area (Å²) < 4.78 is 18.9. The number of ketones is 1. The first-order chi connectivity index (χ1) is 10.1. The van der Waals surface area contributed by atoms with E-state index in [1.165, 1.54) is 19.2 Å². The Labute approximate surface area is 127 Å². The Hall–Kier alpha value is -1.87. The molecule has 0 atom stereocenters. The molecule has 0 amide bonds. The number of carbonyl (C=O) groups excluding carboxylic acids is 1. The molecule has 0 bridgehead atoms. The van der Waals surface area contributed by atoms with Crippen molar-refractivity contribution in [2.24, 2.45) is 0 Å². The van der Waals surface area contributed by atoms with Crippen LogP contribution in [0.5, 0.6) is 5.75 Å². The fraction of sp³-hybridized carbons (Fsp3) is 0.235. The van der Waals surface area contributed by atoms with Crippen molar-refractivity contribution >= 4 is 17.4 Å². The molecule has 0 heterocycles. The van der Waals surface area contributed by atoms with Crippen LogP contribution in [-0.4, -0.2) is 12.9 Å². The lowest BCUT2D eigenvalue weighted by Crippen LogP contribution is -2.05. The third-order valence-electron chi connectivity index (χ3n) is 3.64. The molecule has 2 aromatic carbocycles. The maximum Gasteiger partial charge on any atom is 0.196 e. The number of rotatable bonds is 4. The van der Waals surface area contributed by atoms with Crippen molar-refractivity contribution in [3.05, 3.63) is 63.9 Å². The van der Waals surface area contributed by atoms with Crippen LogP contribution in [0.15, 0.2) is 36.4 Å². The summed E-state index contributed by atoms with van der Waals surface area (Å²) in [6.07, 6.45) is 2.11. The van der Waals surface area contributed by atoms with Crippen molar-refractivity contribution in [1.82, 2.24) is 0 Å². The average Bonchev–Trinajstić information content (AvgIpc) is 3.30. The molecule has 0 N–H and O–H groups in total. The second-order valence-corrected chi connectivity index (χ2v) is 5.66. The zero-order valence-electron chi connectivity index (χ0n) is 11.5. The second-order valence-electron chi connectivity index (χ2n) is 5.22. The Balaban J connectivity index is 2.04. The molecule has 1 aliphatic carbocycles. The van der Waals surface area contributed by atoms with Crippen LogP contribution in [0.1, 0.15) is 40.2 Å². The third kappa shape index (κ3) is 2.93. The van der Waals surface area contributed by atoms with Crippen LogP contribution in [0.25, 0.3) is 0 Å². The summed E-state index contributed by atoms with van der Waals surface area (Å²) in [5.74, 6) is 0.148. The summed E-state index contributed by atoms with van der Waals surface area (Å²) in [6.45, 7) is 0. The van der Waals surface area contributed by atoms with Gasteiger partial charge in [0.1, 0.15) is 11.6 Å². The lowest BCUT2D eigenvalue weighted by atomic mass is 9.99. The lowest BCUT2D eigenvalue weighted by molar-refractivity contribution is 0.103. The molecule has 0 aromatic heterocycles. The number of benzene rings is 2. The van der Waals surface area contributed by atoms with Crippen LogP contribution in [0.3, 0.4) is 0 Å². The first kappa shape index (κ1) is 14.1. The van der Waals surface area contributed by atoms with Crippen molar-refractivity contribution in [1.29, 1.82) is 0 Å². The molecule has 3 rings (SSSR count). The summed E-state index contributed by atoms with van der Waals surface area (Å²) in [4.78, 5) is 12.6. The van der Waals surface area contributed by atoms with Gasteiger partial charge in [-0.25, -0.2) is 4.39 Å². The van der Waals surface area contributed by atoms with E-state index in [1.807, 2.05) is 0 Å². The summed E-state index contributed by atoms with van der Waals surface area (Å²) >= 11 is 5.95. The van der Waals surface area contributed by atoms with Gasteiger partial charge < -0.3 is 4.74 Å². The van der Waals surface area contributed by atoms with Gasteiger partial charge in [0.2, 0.25) is 0 Å². The molecule has 0 saturated heterocycles. The largest absolute Gasteiger partial charge is 0.496 e. The Morgan fingerprint density at radius 2 is 2.00 bits per heavy atom. The summed E-state index contributed by atoms with van der Waals surface area (Å²) in [5.41, 5.74) is 1.56. The number of ether oxygens (including phenoxy) is 1. The molecule has 2 nitrogen and oxygen atoms in total. The van der Waals surface area contributed by atoms with Crippen LogP contribution in [0.4, 0.5) is 4.39 Å². The molecule has 0 unspecified atom stereocenters. The average molecular weight is 305 g/mol. The standard InChI is InChI=1S/C17H14ClFO2/c1-21-16-5-4-13(18)9-15(16)17(20)12-6-11(10-2-3-10)7-14(19)8-12/h4-10H,2-3H2,1H3. The number of hydrogen-bond acceptors (Lipinski definition) is 2. The van der Waals surface area contributed by atoms with Gasteiger partial charge in [-0.15, -0.1) is 0 Å². The normalized spacial score (nSPS) is 14.0. The molecule has 1 fully saturated rings. The van der Waals surface area contributed by atoms with Gasteiger partial charge in [0.25, 0.3) is 0 Å². The highest BCUT2D eigenvalue weighted by molar-refractivity contribution is 6.31. The monoisotopic (exact) mass is 304 g/mol. The minimum Gasteiger partial charge on any atom is -0.496 e. The zero-order chi connectivity index (χ0) is 15.0. The number of halogens is 2. The molecular weight excluding hydrogens is 291 g/mol. The molecule has 21 heavy (non-hydrogen) atoms. The smallest absolute Gasteiger partial charge is 0.196 e. The minimum absolute atomic E-state index is 0.282. The van der Waals surface area contributed by atoms with Gasteiger partial charge in [0.05, 0.1) is 12.7 Å². The molecule has 4 heteroatoms. The maximum atomic E-state index is 13.7. The third-order valence-corrected chi connectivity index (χ3v) is 3.87. The SMILES string of the molecule is COc1ccc(Cl)cc1C(=O)c1cc(F)cc(C2CC2)c1. The fourth-order valence-corrected chi connectivity index (χ4v) is 2.58. The van der Waals surface area contributed by atoms with E-state index in [-0.39, 0.29) is 11.6 Å². The fourth-order valence-electron chi connectivity index (χ4n) is 2.41. The molecule has 1 aliphatic rings. The predicted octanol–water partition coefficient (Wildman–Crippen LogP) is 4.60. The minimum atomic E-state index is -0.385. The summed E-state index contributed by atoms with van der Waals surface area (Å²) in [6, 6.07) is 9.36. The van der Waals surface area contributed by atoms with Crippen LogP contribution in [0, 0.1) is 5.82 Å². The summed E-state index contributed by atoms with van der Waals surface area (Å²) in [7, 11) is 1.49. The van der Waals surface area contributed by atoms with Gasteiger partial charge in [0.15, 0.2) is 5.78 Å². The van der Waals surface area contributed by atoms with E-state index < -0.39 is 0 Å². The molecular formula is C17H14ClFO2. The van der Waals surface area contributed by atoms with E-state index in [0.717, 1.165) is 18.4 Å². The lowest BCUT2D eigenvalue weighted by Gasteiger charge is -2.09. The second kappa shape index (κ2) is 5.49. The van der Waals surface area contributed by atoms with E-state index in [4.69, 9.17) is 16.3 Å². The Morgan fingerprint density at radius 3 is 2.67 bits per heavy atom. The van der Waals surface area contributed by atoms with Gasteiger partial charge in [-0.2, -0.15) is 0 Å². The van der Waals surface area contributed by atoms with E-state index in [1.54, 1.807) is 24.3 Å². The maximum absolute atomic E-state index is 13.7. The van der Waals surface area contributed by atoms with Gasteiger partial charge in [0, 0.05) is 10.6 Å². The van der Waals surface area contributed by atoms with Crippen LogP contribution >= 0.6 is 11.6 Å². The topological polar surface area (TPSA) is 26.3 Å². The van der Waals surface area contributed by atoms with E-state index in [0.29, 0.717) is 27.8 Å². The van der Waals surface area contributed by atoms with Crippen LogP contribution in [-0.2, 0) is 0 Å². The Bertz CT molecular complexity index is 708. The van der Waals surface area contributed by atoms with E-state index in [2.05, 4.69) is 0 Å². The van der Waals surface area contributed by atoms with Crippen molar-refractivity contribution in [2.75, 3.05) is 7.11 Å². The highest BCUT2D eigenvalue weighted by Crippen LogP contribution is 2.40. The van der Waals surface area contributed by atoms with Crippen molar-refractivity contribution in [3.63, 3.8) is 0 Å². The Kier molecular flexibility index (Phi) is 3.68. The van der Waals surface area contributed by atoms with Gasteiger partial charge in [-0.3, -0.25) is 4.79 Å². The zero-order valence-corrected chi connectivity index (χ0v) is 12.3. The van der Waals surface area contributed by atoms with Crippen molar-refractivity contribution < 1.29 is 13.9 Å².